The highest BCUT2D eigenvalue weighted by Crippen LogP contribution is 2.16. The Morgan fingerprint density at radius 3 is 2.18 bits per heavy atom. The number of carbonyl (C=O) groups is 2. The first-order valence-electron chi connectivity index (χ1n) is 5.66. The molecule has 0 atom stereocenters. The molecule has 0 aliphatic carbocycles. The molecule has 2 N–H and O–H groups in total. The Labute approximate surface area is 103 Å². The van der Waals surface area contributed by atoms with Crippen LogP contribution in [-0.4, -0.2) is 35.2 Å². The first kappa shape index (κ1) is 15.9. The van der Waals surface area contributed by atoms with Crippen LogP contribution in [0.25, 0.3) is 0 Å². The molecule has 5 nitrogen and oxygen atoms in total. The van der Waals surface area contributed by atoms with Crippen molar-refractivity contribution in [2.45, 2.75) is 58.1 Å². The van der Waals surface area contributed by atoms with Gasteiger partial charge in [-0.2, -0.15) is 0 Å². The molecule has 0 bridgehead atoms. The minimum atomic E-state index is -0.857. The highest BCUT2D eigenvalue weighted by atomic mass is 16.5. The topological polar surface area (TPSA) is 75.6 Å². The number of methoxy groups -OCH3 is 1. The van der Waals surface area contributed by atoms with Crippen LogP contribution in [-0.2, 0) is 14.3 Å². The second kappa shape index (κ2) is 6.00. The van der Waals surface area contributed by atoms with Gasteiger partial charge in [-0.05, 0) is 34.1 Å². The lowest BCUT2D eigenvalue weighted by Crippen LogP contribution is -2.46. The number of carbonyl (C=O) groups excluding carboxylic acids is 1. The molecule has 0 unspecified atom stereocenters. The second-order valence-corrected chi connectivity index (χ2v) is 5.47. The molecule has 0 rings (SSSR count). The van der Waals surface area contributed by atoms with Gasteiger partial charge >= 0.3 is 5.97 Å². The van der Waals surface area contributed by atoms with Gasteiger partial charge in [-0.3, -0.25) is 9.59 Å². The molecule has 0 aromatic carbocycles. The van der Waals surface area contributed by atoms with Crippen LogP contribution in [0.1, 0.15) is 47.0 Å². The van der Waals surface area contributed by atoms with Crippen molar-refractivity contribution in [3.8, 4) is 0 Å². The van der Waals surface area contributed by atoms with Gasteiger partial charge in [-0.15, -0.1) is 0 Å². The predicted molar refractivity (Wildman–Crippen MR) is 64.8 cm³/mol. The Bertz CT molecular complexity index is 284. The summed E-state index contributed by atoms with van der Waals surface area (Å²) >= 11 is 0. The van der Waals surface area contributed by atoms with Gasteiger partial charge in [0.1, 0.15) is 0 Å². The number of carboxylic acid groups (broad SMARTS) is 1. The van der Waals surface area contributed by atoms with E-state index in [0.717, 1.165) is 0 Å². The molecule has 0 saturated carbocycles. The van der Waals surface area contributed by atoms with Crippen molar-refractivity contribution in [1.29, 1.82) is 0 Å². The van der Waals surface area contributed by atoms with Crippen LogP contribution < -0.4 is 5.32 Å². The fourth-order valence-corrected chi connectivity index (χ4v) is 1.36. The van der Waals surface area contributed by atoms with Crippen LogP contribution in [0.3, 0.4) is 0 Å². The zero-order valence-electron chi connectivity index (χ0n) is 11.3. The maximum Gasteiger partial charge on any atom is 0.303 e. The highest BCUT2D eigenvalue weighted by molar-refractivity contribution is 5.77. The molecule has 0 aliphatic rings. The normalized spacial score (nSPS) is 12.3. The van der Waals surface area contributed by atoms with Crippen molar-refractivity contribution in [1.82, 2.24) is 5.32 Å². The lowest BCUT2D eigenvalue weighted by molar-refractivity contribution is -0.138. The van der Waals surface area contributed by atoms with Gasteiger partial charge in [-0.25, -0.2) is 0 Å². The Morgan fingerprint density at radius 2 is 1.76 bits per heavy atom. The third-order valence-electron chi connectivity index (χ3n) is 2.58. The third kappa shape index (κ3) is 7.74. The van der Waals surface area contributed by atoms with Gasteiger partial charge in [0.2, 0.25) is 5.91 Å². The zero-order chi connectivity index (χ0) is 13.7. The maximum absolute atomic E-state index is 11.7. The Morgan fingerprint density at radius 1 is 1.24 bits per heavy atom. The van der Waals surface area contributed by atoms with Crippen molar-refractivity contribution in [3.05, 3.63) is 0 Å². The van der Waals surface area contributed by atoms with E-state index in [2.05, 4.69) is 5.32 Å². The van der Waals surface area contributed by atoms with Crippen molar-refractivity contribution in [2.24, 2.45) is 0 Å². The Hall–Kier alpha value is -1.10. The van der Waals surface area contributed by atoms with Crippen LogP contribution in [0.2, 0.25) is 0 Å². The van der Waals surface area contributed by atoms with E-state index in [4.69, 9.17) is 9.84 Å². The summed E-state index contributed by atoms with van der Waals surface area (Å²) in [4.78, 5) is 22.2. The summed E-state index contributed by atoms with van der Waals surface area (Å²) in [7, 11) is 1.56. The van der Waals surface area contributed by atoms with Gasteiger partial charge in [0, 0.05) is 19.1 Å². The average molecular weight is 245 g/mol. The van der Waals surface area contributed by atoms with Crippen molar-refractivity contribution < 1.29 is 19.4 Å². The molecule has 0 saturated heterocycles. The molecule has 5 heteroatoms. The number of hydrogen-bond acceptors (Lipinski definition) is 3. The average Bonchev–Trinajstić information content (AvgIpc) is 2.13. The zero-order valence-corrected chi connectivity index (χ0v) is 11.3. The largest absolute Gasteiger partial charge is 0.481 e. The number of ether oxygens (including phenoxy) is 1. The van der Waals surface area contributed by atoms with E-state index in [-0.39, 0.29) is 18.7 Å². The summed E-state index contributed by atoms with van der Waals surface area (Å²) in [6.07, 6.45) is 0.697. The third-order valence-corrected chi connectivity index (χ3v) is 2.58. The molecular formula is C12H23NO4. The summed E-state index contributed by atoms with van der Waals surface area (Å²) in [6, 6.07) is 0. The molecule has 0 fully saturated rings. The number of hydrogen-bond donors (Lipinski definition) is 2. The predicted octanol–water partition coefficient (Wildman–Crippen LogP) is 1.56. The molecule has 0 heterocycles. The number of carboxylic acids is 1. The van der Waals surface area contributed by atoms with E-state index in [1.54, 1.807) is 7.11 Å². The van der Waals surface area contributed by atoms with Gasteiger partial charge in [-0.1, -0.05) is 0 Å². The molecule has 0 aliphatic heterocycles. The van der Waals surface area contributed by atoms with E-state index in [0.29, 0.717) is 6.42 Å². The minimum Gasteiger partial charge on any atom is -0.481 e. The van der Waals surface area contributed by atoms with Gasteiger partial charge in [0.15, 0.2) is 0 Å². The molecule has 0 spiro atoms. The molecule has 1 amide bonds. The Kier molecular flexibility index (Phi) is 5.61. The van der Waals surface area contributed by atoms with Crippen molar-refractivity contribution >= 4 is 11.9 Å². The molecule has 17 heavy (non-hydrogen) atoms. The van der Waals surface area contributed by atoms with E-state index in [1.165, 1.54) is 0 Å². The first-order chi connectivity index (χ1) is 7.58. The van der Waals surface area contributed by atoms with Crippen LogP contribution in [0.4, 0.5) is 0 Å². The van der Waals surface area contributed by atoms with Crippen LogP contribution >= 0.6 is 0 Å². The highest BCUT2D eigenvalue weighted by Gasteiger charge is 2.26. The number of amides is 1. The standard InChI is InChI=1S/C12H23NO4/c1-11(2,7-6-10(15)16)13-9(14)8-12(3,4)17-5/h6-8H2,1-5H3,(H,13,14)(H,15,16). The summed E-state index contributed by atoms with van der Waals surface area (Å²) in [6.45, 7) is 7.29. The quantitative estimate of drug-likeness (QED) is 0.713. The molecule has 0 radical (unpaired) electrons. The smallest absolute Gasteiger partial charge is 0.303 e. The fourth-order valence-electron chi connectivity index (χ4n) is 1.36. The Balaban J connectivity index is 4.22. The maximum atomic E-state index is 11.7. The van der Waals surface area contributed by atoms with Crippen molar-refractivity contribution in [3.63, 3.8) is 0 Å². The monoisotopic (exact) mass is 245 g/mol. The number of rotatable bonds is 7. The first-order valence-corrected chi connectivity index (χ1v) is 5.66. The summed E-state index contributed by atoms with van der Waals surface area (Å²) in [5.74, 6) is -0.989. The van der Waals surface area contributed by atoms with Gasteiger partial charge in [0.05, 0.1) is 12.0 Å². The SMILES string of the molecule is COC(C)(C)CC(=O)NC(C)(C)CCC(=O)O. The second-order valence-electron chi connectivity index (χ2n) is 5.47. The summed E-state index contributed by atoms with van der Waals surface area (Å²) in [5, 5.41) is 11.4. The minimum absolute atomic E-state index is 0.0426. The molecule has 0 aromatic heterocycles. The lowest BCUT2D eigenvalue weighted by atomic mass is 9.97. The molecule has 100 valence electrons. The van der Waals surface area contributed by atoms with E-state index in [1.807, 2.05) is 27.7 Å². The fraction of sp³-hybridized carbons (Fsp3) is 0.833. The van der Waals surface area contributed by atoms with E-state index in [9.17, 15) is 9.59 Å². The number of aliphatic carboxylic acids is 1. The van der Waals surface area contributed by atoms with Gasteiger partial charge < -0.3 is 15.2 Å². The van der Waals surface area contributed by atoms with Crippen LogP contribution in [0, 0.1) is 0 Å². The number of nitrogens with one attached hydrogen (secondary N) is 1. The van der Waals surface area contributed by atoms with E-state index >= 15 is 0 Å². The van der Waals surface area contributed by atoms with Gasteiger partial charge in [0.25, 0.3) is 0 Å². The summed E-state index contributed by atoms with van der Waals surface area (Å²) in [5.41, 5.74) is -1.02. The lowest BCUT2D eigenvalue weighted by Gasteiger charge is -2.28. The van der Waals surface area contributed by atoms with Crippen molar-refractivity contribution in [2.75, 3.05) is 7.11 Å². The van der Waals surface area contributed by atoms with Crippen LogP contribution in [0.5, 0.6) is 0 Å². The van der Waals surface area contributed by atoms with Crippen LogP contribution in [0.15, 0.2) is 0 Å². The summed E-state index contributed by atoms with van der Waals surface area (Å²) < 4.78 is 5.17. The molecular weight excluding hydrogens is 222 g/mol. The van der Waals surface area contributed by atoms with E-state index < -0.39 is 17.1 Å². The molecule has 0 aromatic rings.